The van der Waals surface area contributed by atoms with Crippen LogP contribution >= 0.6 is 27.7 Å². The molecular weight excluding hydrogens is 496 g/mol. The summed E-state index contributed by atoms with van der Waals surface area (Å²) in [6, 6.07) is 14.0. The van der Waals surface area contributed by atoms with E-state index in [-0.39, 0.29) is 28.3 Å². The van der Waals surface area contributed by atoms with Crippen LogP contribution < -0.4 is 0 Å². The zero-order valence-corrected chi connectivity index (χ0v) is 19.5. The number of aryl methyl sites for hydroxylation is 1. The van der Waals surface area contributed by atoms with E-state index in [1.54, 1.807) is 26.0 Å². The van der Waals surface area contributed by atoms with E-state index in [9.17, 15) is 19.7 Å². The molecule has 0 spiro atoms. The van der Waals surface area contributed by atoms with Gasteiger partial charge in [0.05, 0.1) is 16.4 Å². The third-order valence-corrected chi connectivity index (χ3v) is 6.58. The van der Waals surface area contributed by atoms with Crippen LogP contribution in [-0.2, 0) is 11.3 Å². The SMILES string of the molecule is Cc1cc(-c2ccc(/C=C3\SC(=O)N(Cc4ccc(Br)cc4)C3=O)o2)cc([N+](=O)[O-])c1C. The standard InChI is InChI=1S/C23H17BrN2O5S/c1-13-9-16(10-19(14(13)2)26(29)30)20-8-7-18(31-20)11-21-22(27)25(23(28)32-21)12-15-3-5-17(24)6-4-15/h3-11H,12H2,1-2H3/b21-11-. The van der Waals surface area contributed by atoms with Gasteiger partial charge < -0.3 is 4.42 Å². The Hall–Kier alpha value is -3.17. The zero-order valence-electron chi connectivity index (χ0n) is 17.1. The van der Waals surface area contributed by atoms with E-state index in [0.717, 1.165) is 27.4 Å². The second kappa shape index (κ2) is 8.76. The van der Waals surface area contributed by atoms with Crippen LogP contribution in [0, 0.1) is 24.0 Å². The largest absolute Gasteiger partial charge is 0.457 e. The van der Waals surface area contributed by atoms with Gasteiger partial charge in [0.1, 0.15) is 11.5 Å². The van der Waals surface area contributed by atoms with Crippen molar-refractivity contribution in [1.82, 2.24) is 4.90 Å². The van der Waals surface area contributed by atoms with Gasteiger partial charge in [-0.1, -0.05) is 28.1 Å². The molecule has 2 amide bonds. The molecule has 32 heavy (non-hydrogen) atoms. The fourth-order valence-electron chi connectivity index (χ4n) is 3.30. The summed E-state index contributed by atoms with van der Waals surface area (Å²) in [5, 5.41) is 11.0. The third kappa shape index (κ3) is 4.39. The molecule has 1 aliphatic rings. The van der Waals surface area contributed by atoms with Crippen molar-refractivity contribution in [3.05, 3.63) is 90.5 Å². The zero-order chi connectivity index (χ0) is 23.0. The molecule has 4 rings (SSSR count). The molecule has 1 fully saturated rings. The molecule has 162 valence electrons. The minimum absolute atomic E-state index is 0.0204. The van der Waals surface area contributed by atoms with Gasteiger partial charge >= 0.3 is 0 Å². The number of halogens is 1. The van der Waals surface area contributed by atoms with Crippen LogP contribution in [0.2, 0.25) is 0 Å². The molecule has 1 aliphatic heterocycles. The van der Waals surface area contributed by atoms with E-state index in [0.29, 0.717) is 22.6 Å². The predicted molar refractivity (Wildman–Crippen MR) is 126 cm³/mol. The molecule has 0 aliphatic carbocycles. The highest BCUT2D eigenvalue weighted by atomic mass is 79.9. The summed E-state index contributed by atoms with van der Waals surface area (Å²) >= 11 is 4.22. The first-order chi connectivity index (χ1) is 15.2. The molecule has 3 aromatic rings. The van der Waals surface area contributed by atoms with Crippen molar-refractivity contribution < 1.29 is 18.9 Å². The lowest BCUT2D eigenvalue weighted by Gasteiger charge is -2.12. The molecule has 0 N–H and O–H groups in total. The Bertz CT molecular complexity index is 1280. The first kappa shape index (κ1) is 22.0. The van der Waals surface area contributed by atoms with E-state index < -0.39 is 4.92 Å². The number of carbonyl (C=O) groups is 2. The van der Waals surface area contributed by atoms with Gasteiger partial charge in [-0.15, -0.1) is 0 Å². The number of hydrogen-bond acceptors (Lipinski definition) is 6. The Labute approximate surface area is 196 Å². The molecule has 1 aromatic heterocycles. The Morgan fingerprint density at radius 1 is 1.12 bits per heavy atom. The number of nitro groups is 1. The van der Waals surface area contributed by atoms with Crippen LogP contribution in [0.15, 0.2) is 62.3 Å². The number of amides is 2. The van der Waals surface area contributed by atoms with Crippen LogP contribution in [0.5, 0.6) is 0 Å². The second-order valence-electron chi connectivity index (χ2n) is 7.29. The molecule has 2 aromatic carbocycles. The summed E-state index contributed by atoms with van der Waals surface area (Å²) in [7, 11) is 0. The molecule has 7 nitrogen and oxygen atoms in total. The van der Waals surface area contributed by atoms with Crippen LogP contribution in [-0.4, -0.2) is 21.0 Å². The number of thioether (sulfide) groups is 1. The lowest BCUT2D eigenvalue weighted by molar-refractivity contribution is -0.385. The molecule has 0 saturated carbocycles. The molecular formula is C23H17BrN2O5S. The monoisotopic (exact) mass is 512 g/mol. The molecule has 0 radical (unpaired) electrons. The van der Waals surface area contributed by atoms with Gasteiger partial charge in [-0.05, 0) is 67.1 Å². The van der Waals surface area contributed by atoms with E-state index in [1.807, 2.05) is 30.3 Å². The summed E-state index contributed by atoms with van der Waals surface area (Å²) < 4.78 is 6.73. The van der Waals surface area contributed by atoms with Crippen molar-refractivity contribution in [1.29, 1.82) is 0 Å². The van der Waals surface area contributed by atoms with Gasteiger partial charge in [-0.2, -0.15) is 0 Å². The number of imide groups is 1. The van der Waals surface area contributed by atoms with E-state index in [1.165, 1.54) is 17.0 Å². The molecule has 0 bridgehead atoms. The third-order valence-electron chi connectivity index (χ3n) is 5.15. The Balaban J connectivity index is 1.57. The quantitative estimate of drug-likeness (QED) is 0.221. The van der Waals surface area contributed by atoms with E-state index >= 15 is 0 Å². The number of benzene rings is 2. The summed E-state index contributed by atoms with van der Waals surface area (Å²) in [5.74, 6) is 0.439. The van der Waals surface area contributed by atoms with Gasteiger partial charge in [0.2, 0.25) is 0 Å². The maximum Gasteiger partial charge on any atom is 0.293 e. The highest BCUT2D eigenvalue weighted by Gasteiger charge is 2.35. The molecule has 0 unspecified atom stereocenters. The number of carbonyl (C=O) groups excluding carboxylic acids is 2. The van der Waals surface area contributed by atoms with E-state index in [2.05, 4.69) is 15.9 Å². The topological polar surface area (TPSA) is 93.7 Å². The minimum Gasteiger partial charge on any atom is -0.457 e. The molecule has 9 heteroatoms. The highest BCUT2D eigenvalue weighted by Crippen LogP contribution is 2.35. The van der Waals surface area contributed by atoms with Crippen molar-refractivity contribution in [3.8, 4) is 11.3 Å². The summed E-state index contributed by atoms with van der Waals surface area (Å²) in [6.07, 6.45) is 1.52. The predicted octanol–water partition coefficient (Wildman–Crippen LogP) is 6.47. The fourth-order valence-corrected chi connectivity index (χ4v) is 4.38. The van der Waals surface area contributed by atoms with Crippen LogP contribution in [0.25, 0.3) is 17.4 Å². The van der Waals surface area contributed by atoms with Crippen LogP contribution in [0.4, 0.5) is 10.5 Å². The van der Waals surface area contributed by atoms with Gasteiger partial charge in [0, 0.05) is 27.7 Å². The van der Waals surface area contributed by atoms with Crippen molar-refractivity contribution in [3.63, 3.8) is 0 Å². The average Bonchev–Trinajstić information content (AvgIpc) is 3.31. The Morgan fingerprint density at radius 3 is 2.53 bits per heavy atom. The number of hydrogen-bond donors (Lipinski definition) is 0. The number of nitro benzene ring substituents is 1. The van der Waals surface area contributed by atoms with Crippen molar-refractivity contribution >= 4 is 50.6 Å². The second-order valence-corrected chi connectivity index (χ2v) is 9.20. The Morgan fingerprint density at radius 2 is 1.84 bits per heavy atom. The van der Waals surface area contributed by atoms with Crippen LogP contribution in [0.1, 0.15) is 22.5 Å². The lowest BCUT2D eigenvalue weighted by atomic mass is 10.0. The van der Waals surface area contributed by atoms with Gasteiger partial charge in [-0.3, -0.25) is 24.6 Å². The fraction of sp³-hybridized carbons (Fsp3) is 0.130. The Kier molecular flexibility index (Phi) is 6.03. The van der Waals surface area contributed by atoms with Gasteiger partial charge in [0.25, 0.3) is 16.8 Å². The minimum atomic E-state index is -0.420. The molecule has 0 atom stereocenters. The maximum absolute atomic E-state index is 12.8. The van der Waals surface area contributed by atoms with Crippen molar-refractivity contribution in [2.24, 2.45) is 0 Å². The average molecular weight is 513 g/mol. The highest BCUT2D eigenvalue weighted by molar-refractivity contribution is 9.10. The summed E-state index contributed by atoms with van der Waals surface area (Å²) in [5.41, 5.74) is 2.81. The van der Waals surface area contributed by atoms with Crippen molar-refractivity contribution in [2.75, 3.05) is 0 Å². The smallest absolute Gasteiger partial charge is 0.293 e. The number of furan rings is 1. The summed E-state index contributed by atoms with van der Waals surface area (Å²) in [6.45, 7) is 3.69. The van der Waals surface area contributed by atoms with Gasteiger partial charge in [0.15, 0.2) is 0 Å². The lowest BCUT2D eigenvalue weighted by Crippen LogP contribution is -2.27. The summed E-state index contributed by atoms with van der Waals surface area (Å²) in [4.78, 5) is 37.5. The molecule has 1 saturated heterocycles. The first-order valence-electron chi connectivity index (χ1n) is 9.58. The van der Waals surface area contributed by atoms with E-state index in [4.69, 9.17) is 4.42 Å². The van der Waals surface area contributed by atoms with Gasteiger partial charge in [-0.25, -0.2) is 0 Å². The van der Waals surface area contributed by atoms with Crippen LogP contribution in [0.3, 0.4) is 0 Å². The van der Waals surface area contributed by atoms with Crippen molar-refractivity contribution in [2.45, 2.75) is 20.4 Å². The molecule has 2 heterocycles. The number of nitrogens with zero attached hydrogens (tertiary/aromatic N) is 2. The normalized spacial score (nSPS) is 15.1. The first-order valence-corrected chi connectivity index (χ1v) is 11.2. The number of rotatable bonds is 5. The maximum atomic E-state index is 12.8.